The molecule has 2 aliphatic rings. The zero-order valence-electron chi connectivity index (χ0n) is 11.4. The zero-order chi connectivity index (χ0) is 13.2. The van der Waals surface area contributed by atoms with Crippen LogP contribution in [0.1, 0.15) is 56.6 Å². The molecule has 0 saturated heterocycles. The first-order valence-electron chi connectivity index (χ1n) is 7.67. The summed E-state index contributed by atoms with van der Waals surface area (Å²) in [5.74, 6) is 2.26. The van der Waals surface area contributed by atoms with Crippen molar-refractivity contribution in [3.8, 4) is 0 Å². The largest absolute Gasteiger partial charge is 0.388 e. The van der Waals surface area contributed by atoms with Gasteiger partial charge >= 0.3 is 0 Å². The summed E-state index contributed by atoms with van der Waals surface area (Å²) in [6.07, 6.45) is 9.04. The molecule has 4 unspecified atom stereocenters. The van der Waals surface area contributed by atoms with E-state index in [1.165, 1.54) is 44.9 Å². The number of fused-ring (bicyclic) bond motifs is 1. The van der Waals surface area contributed by atoms with E-state index in [0.29, 0.717) is 5.92 Å². The summed E-state index contributed by atoms with van der Waals surface area (Å²) in [5, 5.41) is 11.3. The molecular formula is C17H23ClO. The number of benzene rings is 1. The van der Waals surface area contributed by atoms with Crippen LogP contribution in [0, 0.1) is 17.8 Å². The van der Waals surface area contributed by atoms with E-state index in [1.54, 1.807) is 0 Å². The predicted octanol–water partition coefficient (Wildman–Crippen LogP) is 4.98. The second-order valence-electron chi connectivity index (χ2n) is 6.37. The van der Waals surface area contributed by atoms with Crippen LogP contribution in [-0.2, 0) is 0 Å². The first-order valence-corrected chi connectivity index (χ1v) is 8.05. The predicted molar refractivity (Wildman–Crippen MR) is 79.2 cm³/mol. The number of hydrogen-bond acceptors (Lipinski definition) is 1. The maximum atomic E-state index is 10.6. The van der Waals surface area contributed by atoms with Crippen LogP contribution < -0.4 is 0 Å². The number of aliphatic hydroxyl groups is 1. The van der Waals surface area contributed by atoms with E-state index >= 15 is 0 Å². The van der Waals surface area contributed by atoms with Crippen molar-refractivity contribution in [2.75, 3.05) is 0 Å². The molecule has 1 nitrogen and oxygen atoms in total. The minimum absolute atomic E-state index is 0.305. The summed E-state index contributed by atoms with van der Waals surface area (Å²) >= 11 is 5.91. The van der Waals surface area contributed by atoms with Gasteiger partial charge in [-0.15, -0.1) is 0 Å². The molecule has 0 bridgehead atoms. The molecule has 1 aromatic rings. The molecule has 2 heteroatoms. The molecule has 0 radical (unpaired) electrons. The monoisotopic (exact) mass is 278 g/mol. The van der Waals surface area contributed by atoms with Gasteiger partial charge in [0.15, 0.2) is 0 Å². The van der Waals surface area contributed by atoms with Crippen LogP contribution >= 0.6 is 11.6 Å². The van der Waals surface area contributed by atoms with Crippen LogP contribution in [0.2, 0.25) is 5.02 Å². The van der Waals surface area contributed by atoms with E-state index < -0.39 is 0 Å². The molecule has 2 fully saturated rings. The SMILES string of the molecule is OC(c1ccc(Cl)cc1)C1CCC2CCCCC2C1. The third-order valence-electron chi connectivity index (χ3n) is 5.24. The summed E-state index contributed by atoms with van der Waals surface area (Å²) < 4.78 is 0. The second-order valence-corrected chi connectivity index (χ2v) is 6.81. The number of halogens is 1. The maximum absolute atomic E-state index is 10.6. The normalized spacial score (nSPS) is 32.6. The van der Waals surface area contributed by atoms with E-state index in [9.17, 15) is 5.11 Å². The summed E-state index contributed by atoms with van der Waals surface area (Å²) in [4.78, 5) is 0. The fraction of sp³-hybridized carbons (Fsp3) is 0.647. The number of aliphatic hydroxyl groups excluding tert-OH is 1. The number of rotatable bonds is 2. The maximum Gasteiger partial charge on any atom is 0.0818 e. The summed E-state index contributed by atoms with van der Waals surface area (Å²) in [6, 6.07) is 7.71. The first kappa shape index (κ1) is 13.5. The lowest BCUT2D eigenvalue weighted by molar-refractivity contribution is 0.0349. The molecule has 4 atom stereocenters. The lowest BCUT2D eigenvalue weighted by Gasteiger charge is -2.40. The third kappa shape index (κ3) is 2.98. The Kier molecular flexibility index (Phi) is 4.14. The van der Waals surface area contributed by atoms with Crippen molar-refractivity contribution < 1.29 is 5.11 Å². The average molecular weight is 279 g/mol. The highest BCUT2D eigenvalue weighted by Gasteiger charge is 2.35. The first-order chi connectivity index (χ1) is 9.24. The Morgan fingerprint density at radius 1 is 0.947 bits per heavy atom. The van der Waals surface area contributed by atoms with Crippen LogP contribution in [0.4, 0.5) is 0 Å². The lowest BCUT2D eigenvalue weighted by atomic mass is 9.66. The van der Waals surface area contributed by atoms with Crippen LogP contribution in [0.15, 0.2) is 24.3 Å². The highest BCUT2D eigenvalue weighted by atomic mass is 35.5. The van der Waals surface area contributed by atoms with Gasteiger partial charge in [0.25, 0.3) is 0 Å². The lowest BCUT2D eigenvalue weighted by Crippen LogP contribution is -2.30. The van der Waals surface area contributed by atoms with Crippen molar-refractivity contribution in [3.63, 3.8) is 0 Å². The molecule has 0 aliphatic heterocycles. The van der Waals surface area contributed by atoms with E-state index in [-0.39, 0.29) is 6.10 Å². The summed E-state index contributed by atoms with van der Waals surface area (Å²) in [7, 11) is 0. The molecule has 2 aliphatic carbocycles. The molecule has 1 aromatic carbocycles. The van der Waals surface area contributed by atoms with Crippen molar-refractivity contribution in [2.24, 2.45) is 17.8 Å². The zero-order valence-corrected chi connectivity index (χ0v) is 12.1. The van der Waals surface area contributed by atoms with Gasteiger partial charge in [-0.25, -0.2) is 0 Å². The smallest absolute Gasteiger partial charge is 0.0818 e. The Hall–Kier alpha value is -0.530. The van der Waals surface area contributed by atoms with E-state index in [2.05, 4.69) is 0 Å². The average Bonchev–Trinajstić information content (AvgIpc) is 2.47. The van der Waals surface area contributed by atoms with Gasteiger partial charge in [-0.3, -0.25) is 0 Å². The van der Waals surface area contributed by atoms with Crippen LogP contribution in [-0.4, -0.2) is 5.11 Å². The Morgan fingerprint density at radius 3 is 2.37 bits per heavy atom. The summed E-state index contributed by atoms with van der Waals surface area (Å²) in [5.41, 5.74) is 1.03. The quantitative estimate of drug-likeness (QED) is 0.809. The van der Waals surface area contributed by atoms with E-state index in [0.717, 1.165) is 22.4 Å². The fourth-order valence-electron chi connectivity index (χ4n) is 4.13. The van der Waals surface area contributed by atoms with Gasteiger partial charge < -0.3 is 5.11 Å². The Labute approximate surface area is 121 Å². The molecule has 0 heterocycles. The minimum atomic E-state index is -0.305. The van der Waals surface area contributed by atoms with Gasteiger partial charge in [0.2, 0.25) is 0 Å². The van der Waals surface area contributed by atoms with Crippen LogP contribution in [0.5, 0.6) is 0 Å². The molecular weight excluding hydrogens is 256 g/mol. The van der Waals surface area contributed by atoms with Crippen molar-refractivity contribution in [3.05, 3.63) is 34.9 Å². The van der Waals surface area contributed by atoms with Gasteiger partial charge in [0.05, 0.1) is 6.10 Å². The van der Waals surface area contributed by atoms with Gasteiger partial charge in [-0.2, -0.15) is 0 Å². The van der Waals surface area contributed by atoms with Gasteiger partial charge in [-0.1, -0.05) is 49.4 Å². The molecule has 2 saturated carbocycles. The fourth-order valence-corrected chi connectivity index (χ4v) is 4.25. The van der Waals surface area contributed by atoms with Gasteiger partial charge in [0.1, 0.15) is 0 Å². The van der Waals surface area contributed by atoms with Crippen molar-refractivity contribution in [1.29, 1.82) is 0 Å². The molecule has 0 spiro atoms. The minimum Gasteiger partial charge on any atom is -0.388 e. The molecule has 104 valence electrons. The number of hydrogen-bond donors (Lipinski definition) is 1. The summed E-state index contributed by atoms with van der Waals surface area (Å²) in [6.45, 7) is 0. The Morgan fingerprint density at radius 2 is 1.63 bits per heavy atom. The highest BCUT2D eigenvalue weighted by molar-refractivity contribution is 6.30. The van der Waals surface area contributed by atoms with E-state index in [4.69, 9.17) is 11.6 Å². The molecule has 3 rings (SSSR count). The Bertz CT molecular complexity index is 414. The molecule has 0 aromatic heterocycles. The highest BCUT2D eigenvalue weighted by Crippen LogP contribution is 2.46. The standard InChI is InChI=1S/C17H23ClO/c18-16-9-7-13(8-10-16)17(19)15-6-5-12-3-1-2-4-14(12)11-15/h7-10,12,14-15,17,19H,1-6,11H2. The second kappa shape index (κ2) is 5.85. The van der Waals surface area contributed by atoms with Gasteiger partial charge in [-0.05, 0) is 54.7 Å². The van der Waals surface area contributed by atoms with Crippen LogP contribution in [0.25, 0.3) is 0 Å². The Balaban J connectivity index is 1.67. The van der Waals surface area contributed by atoms with E-state index in [1.807, 2.05) is 24.3 Å². The van der Waals surface area contributed by atoms with Crippen molar-refractivity contribution >= 4 is 11.6 Å². The molecule has 19 heavy (non-hydrogen) atoms. The van der Waals surface area contributed by atoms with Gasteiger partial charge in [0, 0.05) is 5.02 Å². The molecule has 0 amide bonds. The van der Waals surface area contributed by atoms with Crippen molar-refractivity contribution in [2.45, 2.75) is 51.0 Å². The van der Waals surface area contributed by atoms with Crippen LogP contribution in [0.3, 0.4) is 0 Å². The van der Waals surface area contributed by atoms with Crippen molar-refractivity contribution in [1.82, 2.24) is 0 Å². The molecule has 1 N–H and O–H groups in total. The third-order valence-corrected chi connectivity index (χ3v) is 5.49. The topological polar surface area (TPSA) is 20.2 Å².